The number of rotatable bonds is 7. The average Bonchev–Trinajstić information content (AvgIpc) is 3.53. The second-order valence-corrected chi connectivity index (χ2v) is 10.4. The summed E-state index contributed by atoms with van der Waals surface area (Å²) in [5.74, 6) is -0.00182. The number of benzene rings is 3. The van der Waals surface area contributed by atoms with Gasteiger partial charge in [-0.25, -0.2) is 9.40 Å². The molecule has 2 amide bonds. The number of methoxy groups -OCH3 is 2. The predicted octanol–water partition coefficient (Wildman–Crippen LogP) is 5.33. The minimum Gasteiger partial charge on any atom is -0.497 e. The molecule has 0 fully saturated rings. The maximum absolute atomic E-state index is 13.6. The van der Waals surface area contributed by atoms with Gasteiger partial charge in [0.15, 0.2) is 5.17 Å². The molecular formula is C29H27FN4O4S. The number of thioether (sulfide) groups is 1. The number of amidine groups is 1. The van der Waals surface area contributed by atoms with Crippen LogP contribution < -0.4 is 14.8 Å². The van der Waals surface area contributed by atoms with Crippen molar-refractivity contribution in [3.8, 4) is 11.5 Å². The molecule has 39 heavy (non-hydrogen) atoms. The third-order valence-corrected chi connectivity index (χ3v) is 7.62. The largest absolute Gasteiger partial charge is 0.497 e. The fourth-order valence-corrected chi connectivity index (χ4v) is 5.48. The maximum Gasteiger partial charge on any atom is 0.262 e. The Balaban J connectivity index is 1.33. The molecule has 0 bridgehead atoms. The number of hydrazone groups is 1. The first-order chi connectivity index (χ1) is 18.8. The zero-order valence-corrected chi connectivity index (χ0v) is 22.5. The molecule has 0 aliphatic carbocycles. The number of aliphatic imine (C=N–C) groups is 1. The molecule has 0 spiro atoms. The van der Waals surface area contributed by atoms with Gasteiger partial charge >= 0.3 is 0 Å². The number of halogens is 1. The Hall–Kier alpha value is -4.18. The van der Waals surface area contributed by atoms with Crippen LogP contribution in [0.4, 0.5) is 10.1 Å². The molecule has 3 aromatic rings. The summed E-state index contributed by atoms with van der Waals surface area (Å²) in [4.78, 5) is 30.0. The topological polar surface area (TPSA) is 92.6 Å². The van der Waals surface area contributed by atoms with E-state index in [1.54, 1.807) is 35.3 Å². The number of nitrogens with zero attached hydrogens (tertiary/aromatic N) is 3. The number of hydrogen-bond acceptors (Lipinski definition) is 7. The molecule has 3 aromatic carbocycles. The van der Waals surface area contributed by atoms with Crippen molar-refractivity contribution in [1.82, 2.24) is 5.01 Å². The van der Waals surface area contributed by atoms with Crippen molar-refractivity contribution >= 4 is 40.1 Å². The van der Waals surface area contributed by atoms with Crippen LogP contribution >= 0.6 is 11.8 Å². The summed E-state index contributed by atoms with van der Waals surface area (Å²) in [5.41, 5.74) is 4.30. The Morgan fingerprint density at radius 1 is 1.05 bits per heavy atom. The van der Waals surface area contributed by atoms with Crippen molar-refractivity contribution in [2.75, 3.05) is 19.5 Å². The molecule has 0 aromatic heterocycles. The van der Waals surface area contributed by atoms with E-state index in [0.29, 0.717) is 28.8 Å². The van der Waals surface area contributed by atoms with E-state index in [1.807, 2.05) is 31.2 Å². The van der Waals surface area contributed by atoms with Crippen LogP contribution in [0, 0.1) is 12.7 Å². The normalized spacial score (nSPS) is 18.6. The van der Waals surface area contributed by atoms with Gasteiger partial charge in [0, 0.05) is 36.7 Å². The number of carbonyl (C=O) groups excluding carboxylic acids is 2. The van der Waals surface area contributed by atoms with E-state index in [0.717, 1.165) is 22.4 Å². The first-order valence-electron chi connectivity index (χ1n) is 12.3. The molecule has 0 radical (unpaired) electrons. The van der Waals surface area contributed by atoms with Crippen LogP contribution in [0.1, 0.15) is 35.6 Å². The molecule has 10 heteroatoms. The third kappa shape index (κ3) is 5.96. The summed E-state index contributed by atoms with van der Waals surface area (Å²) in [7, 11) is 3.05. The molecule has 200 valence electrons. The molecule has 0 unspecified atom stereocenters. The number of hydrogen-bond donors (Lipinski definition) is 1. The number of ether oxygens (including phenoxy) is 2. The zero-order valence-electron chi connectivity index (χ0n) is 21.7. The standard InChI is InChI=1S/C29H27FN4O4S/c1-17-4-6-18(7-5-17)24-15-25(19-8-10-20(30)11-9-19)34(33-24)29-32-28(36)26(39-29)16-27(35)31-21-12-22(37-2)14-23(13-21)38-3/h4-14,25-26H,15-16H2,1-3H3,(H,31,35)/t25-,26-/m0/s1. The Morgan fingerprint density at radius 3 is 2.36 bits per heavy atom. The summed E-state index contributed by atoms with van der Waals surface area (Å²) in [6, 6.07) is 19.1. The third-order valence-electron chi connectivity index (χ3n) is 6.48. The summed E-state index contributed by atoms with van der Waals surface area (Å²) < 4.78 is 24.2. The molecule has 0 saturated carbocycles. The lowest BCUT2D eigenvalue weighted by molar-refractivity contribution is -0.121. The monoisotopic (exact) mass is 546 g/mol. The minimum atomic E-state index is -0.694. The van der Waals surface area contributed by atoms with E-state index in [4.69, 9.17) is 14.6 Å². The van der Waals surface area contributed by atoms with Gasteiger partial charge in [-0.3, -0.25) is 9.59 Å². The van der Waals surface area contributed by atoms with Gasteiger partial charge in [0.2, 0.25) is 5.91 Å². The Kier molecular flexibility index (Phi) is 7.65. The summed E-state index contributed by atoms with van der Waals surface area (Å²) in [5, 5.41) is 9.07. The Morgan fingerprint density at radius 2 is 1.72 bits per heavy atom. The molecule has 5 rings (SSSR count). The van der Waals surface area contributed by atoms with Crippen LogP contribution in [0.3, 0.4) is 0 Å². The number of aryl methyl sites for hydroxylation is 1. The maximum atomic E-state index is 13.6. The summed E-state index contributed by atoms with van der Waals surface area (Å²) in [6.45, 7) is 2.02. The molecule has 2 aliphatic rings. The highest BCUT2D eigenvalue weighted by atomic mass is 32.2. The molecule has 2 heterocycles. The van der Waals surface area contributed by atoms with E-state index < -0.39 is 11.2 Å². The second-order valence-electron chi connectivity index (χ2n) is 9.22. The zero-order chi connectivity index (χ0) is 27.5. The number of anilines is 1. The molecule has 0 saturated heterocycles. The fraction of sp³-hybridized carbons (Fsp3) is 0.241. The van der Waals surface area contributed by atoms with E-state index in [1.165, 1.54) is 38.1 Å². The highest BCUT2D eigenvalue weighted by Crippen LogP contribution is 2.39. The van der Waals surface area contributed by atoms with Crippen molar-refractivity contribution in [3.05, 3.63) is 89.2 Å². The first kappa shape index (κ1) is 26.4. The SMILES string of the molecule is COc1cc(NC(=O)C[C@@H]2SC(N3N=C(c4ccc(C)cc4)C[C@H]3c3ccc(F)cc3)=NC2=O)cc(OC)c1. The quantitative estimate of drug-likeness (QED) is 0.431. The van der Waals surface area contributed by atoms with Gasteiger partial charge in [-0.2, -0.15) is 10.1 Å². The fourth-order valence-electron chi connectivity index (χ4n) is 4.42. The van der Waals surface area contributed by atoms with Gasteiger partial charge in [0.25, 0.3) is 5.91 Å². The minimum absolute atomic E-state index is 0.0698. The van der Waals surface area contributed by atoms with Crippen molar-refractivity contribution in [3.63, 3.8) is 0 Å². The van der Waals surface area contributed by atoms with Crippen LogP contribution in [0.15, 0.2) is 76.8 Å². The Labute approximate surface area is 229 Å². The lowest BCUT2D eigenvalue weighted by Crippen LogP contribution is -2.25. The lowest BCUT2D eigenvalue weighted by atomic mass is 9.98. The molecule has 2 atom stereocenters. The van der Waals surface area contributed by atoms with Crippen molar-refractivity contribution in [2.45, 2.75) is 31.1 Å². The smallest absolute Gasteiger partial charge is 0.262 e. The molecular weight excluding hydrogens is 519 g/mol. The van der Waals surface area contributed by atoms with Gasteiger partial charge < -0.3 is 14.8 Å². The van der Waals surface area contributed by atoms with Gasteiger partial charge in [0.05, 0.1) is 26.0 Å². The molecule has 1 N–H and O–H groups in total. The van der Waals surface area contributed by atoms with Crippen molar-refractivity contribution < 1.29 is 23.5 Å². The molecule has 8 nitrogen and oxygen atoms in total. The van der Waals surface area contributed by atoms with Gasteiger partial charge in [0.1, 0.15) is 22.6 Å². The lowest BCUT2D eigenvalue weighted by Gasteiger charge is -2.23. The van der Waals surface area contributed by atoms with Gasteiger partial charge in [-0.1, -0.05) is 53.7 Å². The van der Waals surface area contributed by atoms with Crippen LogP contribution in [0.25, 0.3) is 0 Å². The number of amides is 2. The highest BCUT2D eigenvalue weighted by molar-refractivity contribution is 8.15. The van der Waals surface area contributed by atoms with Crippen LogP contribution in [-0.2, 0) is 9.59 Å². The second kappa shape index (κ2) is 11.3. The van der Waals surface area contributed by atoms with Gasteiger partial charge in [-0.15, -0.1) is 0 Å². The van der Waals surface area contributed by atoms with Crippen molar-refractivity contribution in [1.29, 1.82) is 0 Å². The van der Waals surface area contributed by atoms with Crippen LogP contribution in [0.5, 0.6) is 11.5 Å². The highest BCUT2D eigenvalue weighted by Gasteiger charge is 2.39. The van der Waals surface area contributed by atoms with Crippen LogP contribution in [0.2, 0.25) is 0 Å². The summed E-state index contributed by atoms with van der Waals surface area (Å²) in [6.07, 6.45) is 0.491. The first-order valence-corrected chi connectivity index (χ1v) is 13.2. The van der Waals surface area contributed by atoms with E-state index in [-0.39, 0.29) is 24.2 Å². The molecule has 2 aliphatic heterocycles. The van der Waals surface area contributed by atoms with Gasteiger partial charge in [-0.05, 0) is 30.2 Å². The number of nitrogens with one attached hydrogen (secondary N) is 1. The van der Waals surface area contributed by atoms with E-state index >= 15 is 0 Å². The Bertz CT molecular complexity index is 1430. The van der Waals surface area contributed by atoms with E-state index in [9.17, 15) is 14.0 Å². The summed E-state index contributed by atoms with van der Waals surface area (Å²) >= 11 is 1.21. The van der Waals surface area contributed by atoms with Crippen molar-refractivity contribution in [2.24, 2.45) is 10.1 Å². The average molecular weight is 547 g/mol. The number of carbonyl (C=O) groups is 2. The van der Waals surface area contributed by atoms with Crippen LogP contribution in [-0.4, -0.2) is 47.2 Å². The van der Waals surface area contributed by atoms with E-state index in [2.05, 4.69) is 10.3 Å². The predicted molar refractivity (Wildman–Crippen MR) is 150 cm³/mol.